The van der Waals surface area contributed by atoms with E-state index in [1.165, 1.54) is 0 Å². The molecule has 1 aliphatic rings. The fourth-order valence-corrected chi connectivity index (χ4v) is 0.914. The van der Waals surface area contributed by atoms with Gasteiger partial charge in [0.25, 0.3) is 0 Å². The Labute approximate surface area is 71.1 Å². The second-order valence-corrected chi connectivity index (χ2v) is 2.49. The van der Waals surface area contributed by atoms with Gasteiger partial charge in [0, 0.05) is 6.08 Å². The zero-order valence-corrected chi connectivity index (χ0v) is 6.99. The number of esters is 1. The summed E-state index contributed by atoms with van der Waals surface area (Å²) in [6, 6.07) is 0. The Balaban J connectivity index is 2.15. The van der Waals surface area contributed by atoms with Crippen LogP contribution in [0.5, 0.6) is 0 Å². The van der Waals surface area contributed by atoms with Gasteiger partial charge in [-0.25, -0.2) is 4.79 Å². The summed E-state index contributed by atoms with van der Waals surface area (Å²) < 4.78 is 15.1. The lowest BCUT2D eigenvalue weighted by molar-refractivity contribution is -0.141. The molecule has 12 heavy (non-hydrogen) atoms. The van der Waals surface area contributed by atoms with Crippen LogP contribution in [0.3, 0.4) is 0 Å². The van der Waals surface area contributed by atoms with Crippen LogP contribution in [0.25, 0.3) is 0 Å². The van der Waals surface area contributed by atoms with Gasteiger partial charge >= 0.3 is 5.97 Å². The zero-order chi connectivity index (χ0) is 8.97. The summed E-state index contributed by atoms with van der Waals surface area (Å²) in [6.07, 6.45) is 0.792. The molecule has 1 heterocycles. The van der Waals surface area contributed by atoms with E-state index < -0.39 is 5.97 Å². The average molecular weight is 172 g/mol. The van der Waals surface area contributed by atoms with Crippen molar-refractivity contribution in [1.29, 1.82) is 0 Å². The van der Waals surface area contributed by atoms with Gasteiger partial charge in [-0.1, -0.05) is 6.58 Å². The average Bonchev–Trinajstić information content (AvgIpc) is 2.47. The highest BCUT2D eigenvalue weighted by molar-refractivity contribution is 5.81. The lowest BCUT2D eigenvalue weighted by atomic mass is 10.4. The van der Waals surface area contributed by atoms with Gasteiger partial charge in [0.1, 0.15) is 12.7 Å². The van der Waals surface area contributed by atoms with E-state index in [-0.39, 0.29) is 19.0 Å². The van der Waals surface area contributed by atoms with Crippen LogP contribution in [0.1, 0.15) is 6.92 Å². The summed E-state index contributed by atoms with van der Waals surface area (Å²) in [5.74, 6) is -0.432. The number of carbonyl (C=O) groups excluding carboxylic acids is 1. The number of hydrogen-bond acceptors (Lipinski definition) is 4. The predicted molar refractivity (Wildman–Crippen MR) is 41.4 cm³/mol. The first kappa shape index (κ1) is 9.22. The minimum Gasteiger partial charge on any atom is -0.460 e. The number of ether oxygens (including phenoxy) is 3. The summed E-state index contributed by atoms with van der Waals surface area (Å²) in [5.41, 5.74) is 0. The Morgan fingerprint density at radius 1 is 1.83 bits per heavy atom. The molecule has 0 aromatic rings. The molecule has 0 bridgehead atoms. The molecule has 1 rings (SSSR count). The standard InChI is InChI=1S/C8H12O4/c1-3-8(9)11-5-7-4-10-6(2)12-7/h3,6-7H,1,4-5H2,2H3. The molecule has 1 fully saturated rings. The molecular weight excluding hydrogens is 160 g/mol. The van der Waals surface area contributed by atoms with Crippen LogP contribution in [-0.2, 0) is 19.0 Å². The molecule has 4 nitrogen and oxygen atoms in total. The fraction of sp³-hybridized carbons (Fsp3) is 0.625. The van der Waals surface area contributed by atoms with E-state index in [2.05, 4.69) is 6.58 Å². The fourth-order valence-electron chi connectivity index (χ4n) is 0.914. The van der Waals surface area contributed by atoms with Crippen molar-refractivity contribution < 1.29 is 19.0 Å². The van der Waals surface area contributed by atoms with Crippen molar-refractivity contribution >= 4 is 5.97 Å². The van der Waals surface area contributed by atoms with Crippen molar-refractivity contribution in [2.45, 2.75) is 19.3 Å². The second kappa shape index (κ2) is 4.23. The van der Waals surface area contributed by atoms with Crippen molar-refractivity contribution in [3.63, 3.8) is 0 Å². The van der Waals surface area contributed by atoms with E-state index in [1.54, 1.807) is 6.92 Å². The normalized spacial score (nSPS) is 28.4. The van der Waals surface area contributed by atoms with E-state index in [0.29, 0.717) is 6.61 Å². The SMILES string of the molecule is C=CC(=O)OCC1COC(C)O1. The zero-order valence-electron chi connectivity index (χ0n) is 6.99. The lowest BCUT2D eigenvalue weighted by Crippen LogP contribution is -2.20. The highest BCUT2D eigenvalue weighted by atomic mass is 16.7. The summed E-state index contributed by atoms with van der Waals surface area (Å²) in [6.45, 7) is 5.78. The topological polar surface area (TPSA) is 44.8 Å². The number of carbonyl (C=O) groups is 1. The first-order valence-electron chi connectivity index (χ1n) is 3.78. The van der Waals surface area contributed by atoms with Gasteiger partial charge < -0.3 is 14.2 Å². The maximum atomic E-state index is 10.6. The first-order chi connectivity index (χ1) is 5.72. The van der Waals surface area contributed by atoms with Gasteiger partial charge in [0.2, 0.25) is 0 Å². The quantitative estimate of drug-likeness (QED) is 0.458. The third-order valence-corrected chi connectivity index (χ3v) is 1.48. The van der Waals surface area contributed by atoms with E-state index in [1.807, 2.05) is 0 Å². The second-order valence-electron chi connectivity index (χ2n) is 2.49. The maximum absolute atomic E-state index is 10.6. The van der Waals surface area contributed by atoms with Gasteiger partial charge in [-0.15, -0.1) is 0 Å². The molecule has 0 aliphatic carbocycles. The Morgan fingerprint density at radius 2 is 2.58 bits per heavy atom. The molecule has 4 heteroatoms. The molecular formula is C8H12O4. The molecule has 68 valence electrons. The summed E-state index contributed by atoms with van der Waals surface area (Å²) in [7, 11) is 0. The van der Waals surface area contributed by atoms with Crippen LogP contribution in [0, 0.1) is 0 Å². The molecule has 0 aromatic carbocycles. The van der Waals surface area contributed by atoms with Crippen LogP contribution >= 0.6 is 0 Å². The molecule has 0 N–H and O–H groups in total. The molecule has 0 aromatic heterocycles. The van der Waals surface area contributed by atoms with Crippen LogP contribution < -0.4 is 0 Å². The molecule has 0 spiro atoms. The Morgan fingerprint density at radius 3 is 3.08 bits per heavy atom. The van der Waals surface area contributed by atoms with E-state index in [9.17, 15) is 4.79 Å². The molecule has 2 unspecified atom stereocenters. The molecule has 1 saturated heterocycles. The minimum absolute atomic E-state index is 0.135. The molecule has 0 saturated carbocycles. The summed E-state index contributed by atoms with van der Waals surface area (Å²) in [4.78, 5) is 10.6. The molecule has 0 radical (unpaired) electrons. The van der Waals surface area contributed by atoms with Crippen LogP contribution in [-0.4, -0.2) is 31.6 Å². The lowest BCUT2D eigenvalue weighted by Gasteiger charge is -2.07. The first-order valence-corrected chi connectivity index (χ1v) is 3.78. The smallest absolute Gasteiger partial charge is 0.330 e. The maximum Gasteiger partial charge on any atom is 0.330 e. The highest BCUT2D eigenvalue weighted by Gasteiger charge is 2.23. The van der Waals surface area contributed by atoms with Crippen molar-refractivity contribution in [2.75, 3.05) is 13.2 Å². The van der Waals surface area contributed by atoms with Crippen LogP contribution in [0.15, 0.2) is 12.7 Å². The summed E-state index contributed by atoms with van der Waals surface area (Å²) in [5, 5.41) is 0. The van der Waals surface area contributed by atoms with E-state index in [4.69, 9.17) is 14.2 Å². The van der Waals surface area contributed by atoms with Gasteiger partial charge in [0.05, 0.1) is 6.61 Å². The Bertz CT molecular complexity index is 178. The summed E-state index contributed by atoms with van der Waals surface area (Å²) >= 11 is 0. The van der Waals surface area contributed by atoms with Gasteiger partial charge in [-0.2, -0.15) is 0 Å². The Kier molecular flexibility index (Phi) is 3.25. The van der Waals surface area contributed by atoms with E-state index in [0.717, 1.165) is 6.08 Å². The number of hydrogen-bond donors (Lipinski definition) is 0. The minimum atomic E-state index is -0.432. The van der Waals surface area contributed by atoms with Gasteiger partial charge in [-0.05, 0) is 6.92 Å². The molecule has 2 atom stereocenters. The van der Waals surface area contributed by atoms with Crippen molar-refractivity contribution in [3.05, 3.63) is 12.7 Å². The largest absolute Gasteiger partial charge is 0.460 e. The van der Waals surface area contributed by atoms with Gasteiger partial charge in [0.15, 0.2) is 6.29 Å². The third-order valence-electron chi connectivity index (χ3n) is 1.48. The predicted octanol–water partition coefficient (Wildman–Crippen LogP) is 0.477. The third kappa shape index (κ3) is 2.64. The van der Waals surface area contributed by atoms with Gasteiger partial charge in [-0.3, -0.25) is 0 Å². The van der Waals surface area contributed by atoms with Crippen molar-refractivity contribution in [3.8, 4) is 0 Å². The highest BCUT2D eigenvalue weighted by Crippen LogP contribution is 2.10. The van der Waals surface area contributed by atoms with Crippen molar-refractivity contribution in [2.24, 2.45) is 0 Å². The van der Waals surface area contributed by atoms with Crippen molar-refractivity contribution in [1.82, 2.24) is 0 Å². The van der Waals surface area contributed by atoms with E-state index >= 15 is 0 Å². The molecule has 1 aliphatic heterocycles. The Hall–Kier alpha value is -0.870. The monoisotopic (exact) mass is 172 g/mol. The van der Waals surface area contributed by atoms with Crippen LogP contribution in [0.4, 0.5) is 0 Å². The molecule has 0 amide bonds. The van der Waals surface area contributed by atoms with Crippen LogP contribution in [0.2, 0.25) is 0 Å². The number of rotatable bonds is 3.